The molecule has 0 saturated heterocycles. The number of ether oxygens (including phenoxy) is 3. The lowest BCUT2D eigenvalue weighted by Gasteiger charge is -2.05. The molecule has 1 aliphatic rings. The molecule has 0 aromatic heterocycles. The van der Waals surface area contributed by atoms with E-state index in [1.807, 2.05) is 55.5 Å². The van der Waals surface area contributed by atoms with Gasteiger partial charge < -0.3 is 14.2 Å². The normalized spacial score (nSPS) is 15.2. The number of para-hydroxylation sites is 1. The average molecular weight is 323 g/mol. The van der Waals surface area contributed by atoms with Crippen LogP contribution >= 0.6 is 0 Å². The van der Waals surface area contributed by atoms with Gasteiger partial charge in [0.15, 0.2) is 12.3 Å². The van der Waals surface area contributed by atoms with Crippen LogP contribution in [0.4, 0.5) is 0 Å². The van der Waals surface area contributed by atoms with Crippen LogP contribution in [0.5, 0.6) is 11.5 Å². The number of carbonyl (C=O) groups is 1. The number of esters is 1. The van der Waals surface area contributed by atoms with Gasteiger partial charge in [0.2, 0.25) is 5.90 Å². The summed E-state index contributed by atoms with van der Waals surface area (Å²) in [5.41, 5.74) is 2.06. The number of cyclic esters (lactones) is 1. The Morgan fingerprint density at radius 2 is 1.96 bits per heavy atom. The number of hydrogen-bond donors (Lipinski definition) is 0. The van der Waals surface area contributed by atoms with Gasteiger partial charge in [-0.05, 0) is 37.3 Å². The average Bonchev–Trinajstić information content (AvgIpc) is 2.94. The Labute approximate surface area is 140 Å². The minimum absolute atomic E-state index is 0.0953. The smallest absolute Gasteiger partial charge is 0.363 e. The third kappa shape index (κ3) is 3.63. The highest BCUT2D eigenvalue weighted by Crippen LogP contribution is 2.24. The fourth-order valence-corrected chi connectivity index (χ4v) is 2.29. The van der Waals surface area contributed by atoms with E-state index in [0.717, 1.165) is 11.1 Å². The molecule has 0 fully saturated rings. The number of aliphatic imine (C=N–C) groups is 1. The van der Waals surface area contributed by atoms with Gasteiger partial charge in [-0.2, -0.15) is 0 Å². The number of nitrogens with zero attached hydrogens (tertiary/aromatic N) is 1. The van der Waals surface area contributed by atoms with E-state index in [2.05, 4.69) is 4.99 Å². The van der Waals surface area contributed by atoms with Gasteiger partial charge in [0.25, 0.3) is 0 Å². The summed E-state index contributed by atoms with van der Waals surface area (Å²) >= 11 is 0. The summed E-state index contributed by atoms with van der Waals surface area (Å²) in [5.74, 6) is 1.10. The summed E-state index contributed by atoms with van der Waals surface area (Å²) in [6.07, 6.45) is 1.66. The van der Waals surface area contributed by atoms with E-state index >= 15 is 0 Å². The SMILES string of the molecule is COc1ccc(C)cc1/C=C1/N=C(COc2ccccc2)OC1=O. The van der Waals surface area contributed by atoms with Gasteiger partial charge in [0.1, 0.15) is 11.5 Å². The summed E-state index contributed by atoms with van der Waals surface area (Å²) in [6, 6.07) is 15.0. The Balaban J connectivity index is 1.78. The van der Waals surface area contributed by atoms with E-state index in [1.165, 1.54) is 0 Å². The van der Waals surface area contributed by atoms with Crippen LogP contribution in [0.25, 0.3) is 6.08 Å². The molecule has 0 unspecified atom stereocenters. The van der Waals surface area contributed by atoms with Crippen molar-refractivity contribution in [3.63, 3.8) is 0 Å². The molecule has 0 radical (unpaired) electrons. The Hall–Kier alpha value is -3.08. The molecule has 1 heterocycles. The van der Waals surface area contributed by atoms with Crippen molar-refractivity contribution in [1.29, 1.82) is 0 Å². The molecular formula is C19H17NO4. The zero-order valence-electron chi connectivity index (χ0n) is 13.5. The first-order valence-electron chi connectivity index (χ1n) is 7.49. The van der Waals surface area contributed by atoms with Crippen LogP contribution in [0.1, 0.15) is 11.1 Å². The van der Waals surface area contributed by atoms with Gasteiger partial charge >= 0.3 is 5.97 Å². The number of aryl methyl sites for hydroxylation is 1. The Morgan fingerprint density at radius 1 is 1.17 bits per heavy atom. The highest BCUT2D eigenvalue weighted by Gasteiger charge is 2.23. The molecule has 0 N–H and O–H groups in total. The molecule has 0 aliphatic carbocycles. The van der Waals surface area contributed by atoms with Gasteiger partial charge in [-0.25, -0.2) is 9.79 Å². The van der Waals surface area contributed by atoms with Gasteiger partial charge in [0.05, 0.1) is 7.11 Å². The van der Waals surface area contributed by atoms with Gasteiger partial charge in [-0.15, -0.1) is 0 Å². The summed E-state index contributed by atoms with van der Waals surface area (Å²) < 4.78 is 16.0. The fourth-order valence-electron chi connectivity index (χ4n) is 2.29. The summed E-state index contributed by atoms with van der Waals surface area (Å²) in [6.45, 7) is 2.06. The van der Waals surface area contributed by atoms with E-state index < -0.39 is 5.97 Å². The molecule has 122 valence electrons. The first-order valence-corrected chi connectivity index (χ1v) is 7.49. The largest absolute Gasteiger partial charge is 0.496 e. The Kier molecular flexibility index (Phi) is 4.61. The molecule has 0 atom stereocenters. The minimum Gasteiger partial charge on any atom is -0.496 e. The maximum atomic E-state index is 12.0. The van der Waals surface area contributed by atoms with E-state index in [0.29, 0.717) is 11.5 Å². The summed E-state index contributed by atoms with van der Waals surface area (Å²) in [7, 11) is 1.59. The number of hydrogen-bond acceptors (Lipinski definition) is 5. The molecule has 0 amide bonds. The lowest BCUT2D eigenvalue weighted by molar-refractivity contribution is -0.130. The zero-order chi connectivity index (χ0) is 16.9. The van der Waals surface area contributed by atoms with Crippen molar-refractivity contribution in [2.24, 2.45) is 4.99 Å². The predicted octanol–water partition coefficient (Wildman–Crippen LogP) is 3.38. The van der Waals surface area contributed by atoms with E-state index in [-0.39, 0.29) is 18.2 Å². The van der Waals surface area contributed by atoms with Crippen molar-refractivity contribution >= 4 is 17.9 Å². The van der Waals surface area contributed by atoms with Crippen LogP contribution in [-0.2, 0) is 9.53 Å². The lowest BCUT2D eigenvalue weighted by Crippen LogP contribution is -2.13. The molecule has 3 rings (SSSR count). The minimum atomic E-state index is -0.495. The standard InChI is InChI=1S/C19H17NO4/c1-13-8-9-17(22-2)14(10-13)11-16-19(21)24-18(20-16)12-23-15-6-4-3-5-7-15/h3-11H,12H2,1-2H3/b16-11+. The van der Waals surface area contributed by atoms with Crippen LogP contribution in [-0.4, -0.2) is 25.6 Å². The van der Waals surface area contributed by atoms with Crippen LogP contribution in [0.3, 0.4) is 0 Å². The molecular weight excluding hydrogens is 306 g/mol. The Morgan fingerprint density at radius 3 is 2.71 bits per heavy atom. The third-order valence-electron chi connectivity index (χ3n) is 3.45. The monoisotopic (exact) mass is 323 g/mol. The van der Waals surface area contributed by atoms with Crippen LogP contribution in [0.15, 0.2) is 59.2 Å². The number of methoxy groups -OCH3 is 1. The molecule has 0 bridgehead atoms. The molecule has 24 heavy (non-hydrogen) atoms. The quantitative estimate of drug-likeness (QED) is 0.625. The molecule has 1 aliphatic heterocycles. The highest BCUT2D eigenvalue weighted by atomic mass is 16.6. The molecule has 5 heteroatoms. The molecule has 2 aromatic rings. The zero-order valence-corrected chi connectivity index (χ0v) is 13.5. The summed E-state index contributed by atoms with van der Waals surface area (Å²) in [4.78, 5) is 16.2. The van der Waals surface area contributed by atoms with Crippen molar-refractivity contribution in [1.82, 2.24) is 0 Å². The van der Waals surface area contributed by atoms with Crippen molar-refractivity contribution in [3.05, 3.63) is 65.4 Å². The van der Waals surface area contributed by atoms with E-state index in [1.54, 1.807) is 13.2 Å². The van der Waals surface area contributed by atoms with E-state index in [9.17, 15) is 4.79 Å². The van der Waals surface area contributed by atoms with Crippen LogP contribution in [0.2, 0.25) is 0 Å². The van der Waals surface area contributed by atoms with Crippen molar-refractivity contribution in [2.75, 3.05) is 13.7 Å². The van der Waals surface area contributed by atoms with Gasteiger partial charge in [0, 0.05) is 5.56 Å². The van der Waals surface area contributed by atoms with Crippen LogP contribution < -0.4 is 9.47 Å². The second-order valence-electron chi connectivity index (χ2n) is 5.27. The number of carbonyl (C=O) groups excluding carboxylic acids is 1. The Bertz CT molecular complexity index is 809. The maximum Gasteiger partial charge on any atom is 0.363 e. The van der Waals surface area contributed by atoms with Crippen molar-refractivity contribution in [2.45, 2.75) is 6.92 Å². The fraction of sp³-hybridized carbons (Fsp3) is 0.158. The maximum absolute atomic E-state index is 12.0. The highest BCUT2D eigenvalue weighted by molar-refractivity contribution is 6.07. The van der Waals surface area contributed by atoms with Gasteiger partial charge in [-0.3, -0.25) is 0 Å². The molecule has 0 saturated carbocycles. The molecule has 0 spiro atoms. The third-order valence-corrected chi connectivity index (χ3v) is 3.45. The lowest BCUT2D eigenvalue weighted by atomic mass is 10.1. The molecule has 2 aromatic carbocycles. The number of rotatable bonds is 5. The predicted molar refractivity (Wildman–Crippen MR) is 91.2 cm³/mol. The van der Waals surface area contributed by atoms with Crippen LogP contribution in [0, 0.1) is 6.92 Å². The first kappa shape index (κ1) is 15.8. The van der Waals surface area contributed by atoms with Gasteiger partial charge in [-0.1, -0.05) is 29.8 Å². The second kappa shape index (κ2) is 7.00. The number of benzene rings is 2. The van der Waals surface area contributed by atoms with Crippen molar-refractivity contribution in [3.8, 4) is 11.5 Å². The van der Waals surface area contributed by atoms with Crippen molar-refractivity contribution < 1.29 is 19.0 Å². The molecule has 5 nitrogen and oxygen atoms in total. The van der Waals surface area contributed by atoms with E-state index in [4.69, 9.17) is 14.2 Å². The second-order valence-corrected chi connectivity index (χ2v) is 5.27. The first-order chi connectivity index (χ1) is 11.7. The topological polar surface area (TPSA) is 57.1 Å². The summed E-state index contributed by atoms with van der Waals surface area (Å²) in [5, 5.41) is 0.